The molecule has 0 spiro atoms. The van der Waals surface area contributed by atoms with Crippen molar-refractivity contribution in [3.05, 3.63) is 27.7 Å². The van der Waals surface area contributed by atoms with Crippen LogP contribution in [0.2, 0.25) is 0 Å². The van der Waals surface area contributed by atoms with Crippen molar-refractivity contribution >= 4 is 0 Å². The van der Waals surface area contributed by atoms with E-state index >= 15 is 0 Å². The monoisotopic (exact) mass is 676 g/mol. The molecule has 0 rings (SSSR count). The molecule has 0 aliphatic rings. The fourth-order valence-electron chi connectivity index (χ4n) is 0. The summed E-state index contributed by atoms with van der Waals surface area (Å²) in [5, 5.41) is 0. The summed E-state index contributed by atoms with van der Waals surface area (Å²) >= 11 is 0. The Kier molecular flexibility index (Phi) is 99300. The molecule has 0 atom stereocenters. The zero-order valence-electron chi connectivity index (χ0n) is 7.64. The van der Waals surface area contributed by atoms with Crippen molar-refractivity contribution in [3.63, 3.8) is 0 Å². The van der Waals surface area contributed by atoms with Gasteiger partial charge in [0.2, 0.25) is 0 Å². The van der Waals surface area contributed by atoms with Crippen molar-refractivity contribution in [3.8, 4) is 0 Å². The van der Waals surface area contributed by atoms with E-state index in [0.29, 0.717) is 0 Å². The molecule has 0 aromatic heterocycles. The topological polar surface area (TPSA) is 0 Å². The molecule has 0 radical (unpaired) electrons. The smallest absolute Gasteiger partial charge is 0.346 e. The molecule has 0 saturated heterocycles. The van der Waals surface area contributed by atoms with Crippen LogP contribution in [0, 0.1) is 27.7 Å². The quantitative estimate of drug-likeness (QED) is 0.224. The Hall–Kier alpha value is 1.38. The normalized spacial score (nSPS) is 1.09. The Morgan fingerprint density at radius 2 is 0.227 bits per heavy atom. The van der Waals surface area contributed by atoms with Crippen LogP contribution >= 0.6 is 0 Å². The van der Waals surface area contributed by atoms with Crippen LogP contribution in [0.1, 0.15) is 117 Å². The standard InChI is InChI=1S/4C2H5.12CH4.2W/c4*1-2;;;;;;;;;;;;;;/h4*1H2,2H3;12*1H4;;/q4*-1;;;;;;;;;;;;;2*+2. The maximum atomic E-state index is 3.25. The molecule has 22 heavy (non-hydrogen) atoms. The Morgan fingerprint density at radius 1 is 0.227 bits per heavy atom. The predicted octanol–water partition coefficient (Wildman–Crippen LogP) is 11.0. The summed E-state index contributed by atoms with van der Waals surface area (Å²) in [6.45, 7) is 20.0. The second-order valence-corrected chi connectivity index (χ2v) is 0. The molecule has 0 heterocycles. The van der Waals surface area contributed by atoms with E-state index in [1.807, 2.05) is 0 Å². The largest absolute Gasteiger partial charge is 2.00 e. The van der Waals surface area contributed by atoms with Gasteiger partial charge in [0.15, 0.2) is 0 Å². The molecule has 0 fully saturated rings. The van der Waals surface area contributed by atoms with Crippen LogP contribution < -0.4 is 0 Å². The molecule has 0 aromatic rings. The van der Waals surface area contributed by atoms with Gasteiger partial charge in [-0.05, 0) is 0 Å². The minimum atomic E-state index is 0. The summed E-state index contributed by atoms with van der Waals surface area (Å²) in [5.74, 6) is 0. The summed E-state index contributed by atoms with van der Waals surface area (Å²) in [5.41, 5.74) is 0. The predicted molar refractivity (Wildman–Crippen MR) is 125 cm³/mol. The Bertz CT molecular complexity index is 9.67. The molecule has 0 aliphatic heterocycles. The molecule has 0 aromatic carbocycles. The van der Waals surface area contributed by atoms with Crippen molar-refractivity contribution in [2.24, 2.45) is 0 Å². The first-order valence-electron chi connectivity index (χ1n) is 2.83. The first-order chi connectivity index (χ1) is 4.00. The van der Waals surface area contributed by atoms with Gasteiger partial charge in [-0.25, -0.2) is 0 Å². The fraction of sp³-hybridized carbons (Fsp3) is 0.800. The average molecular weight is 676 g/mol. The van der Waals surface area contributed by atoms with Gasteiger partial charge in [-0.1, -0.05) is 89.1 Å². The van der Waals surface area contributed by atoms with Gasteiger partial charge in [-0.15, -0.1) is 0 Å². The van der Waals surface area contributed by atoms with E-state index in [-0.39, 0.29) is 131 Å². The molecule has 0 aliphatic carbocycles. The molecule has 0 nitrogen and oxygen atoms in total. The van der Waals surface area contributed by atoms with E-state index in [0.717, 1.165) is 0 Å². The van der Waals surface area contributed by atoms with Crippen LogP contribution in [-0.2, 0) is 42.1 Å². The number of hydrogen-bond donors (Lipinski definition) is 0. The van der Waals surface area contributed by atoms with E-state index in [1.165, 1.54) is 0 Å². The molecule has 0 N–H and O–H groups in total. The number of rotatable bonds is 0. The van der Waals surface area contributed by atoms with E-state index < -0.39 is 0 Å². The van der Waals surface area contributed by atoms with E-state index in [9.17, 15) is 0 Å². The fourth-order valence-corrected chi connectivity index (χ4v) is 0. The minimum absolute atomic E-state index is 0. The second kappa shape index (κ2) is 5400. The van der Waals surface area contributed by atoms with E-state index in [1.54, 1.807) is 27.7 Å². The van der Waals surface area contributed by atoms with Gasteiger partial charge in [-0.3, -0.25) is 0 Å². The molecule has 0 saturated carbocycles. The van der Waals surface area contributed by atoms with Crippen molar-refractivity contribution < 1.29 is 42.1 Å². The van der Waals surface area contributed by atoms with Gasteiger partial charge in [0.05, 0.1) is 0 Å². The third-order valence-corrected chi connectivity index (χ3v) is 0. The van der Waals surface area contributed by atoms with Crippen molar-refractivity contribution in [2.75, 3.05) is 0 Å². The van der Waals surface area contributed by atoms with E-state index in [2.05, 4.69) is 27.7 Å². The zero-order chi connectivity index (χ0) is 8.00. The summed E-state index contributed by atoms with van der Waals surface area (Å²) in [6, 6.07) is 0. The van der Waals surface area contributed by atoms with Crippen LogP contribution in [0.4, 0.5) is 0 Å². The first-order valence-corrected chi connectivity index (χ1v) is 2.83. The average Bonchev–Trinajstić information content (AvgIpc) is 2.03. The van der Waals surface area contributed by atoms with Crippen LogP contribution in [0.5, 0.6) is 0 Å². The maximum absolute atomic E-state index is 3.25. The molecule has 0 unspecified atom stereocenters. The summed E-state index contributed by atoms with van der Waals surface area (Å²) in [4.78, 5) is 0. The molecule has 0 amide bonds. The van der Waals surface area contributed by atoms with Crippen molar-refractivity contribution in [2.45, 2.75) is 117 Å². The Morgan fingerprint density at radius 3 is 0.227 bits per heavy atom. The van der Waals surface area contributed by atoms with Crippen molar-refractivity contribution in [1.29, 1.82) is 0 Å². The van der Waals surface area contributed by atoms with Crippen LogP contribution in [0.15, 0.2) is 0 Å². The summed E-state index contributed by atoms with van der Waals surface area (Å²) in [7, 11) is 0. The van der Waals surface area contributed by atoms with Gasteiger partial charge in [0.25, 0.3) is 0 Å². The summed E-state index contributed by atoms with van der Waals surface area (Å²) in [6.07, 6.45) is 0. The van der Waals surface area contributed by atoms with Gasteiger partial charge in [0, 0.05) is 0 Å². The molecular formula is C20H68W2. The van der Waals surface area contributed by atoms with Gasteiger partial charge >= 0.3 is 42.1 Å². The Balaban J connectivity index is -0.000000000500. The van der Waals surface area contributed by atoms with Crippen LogP contribution in [0.3, 0.4) is 0 Å². The molecular weight excluding hydrogens is 608 g/mol. The van der Waals surface area contributed by atoms with Crippen LogP contribution in [-0.4, -0.2) is 0 Å². The molecule has 0 bridgehead atoms. The van der Waals surface area contributed by atoms with Gasteiger partial charge < -0.3 is 27.7 Å². The minimum Gasteiger partial charge on any atom is -0.346 e. The maximum Gasteiger partial charge on any atom is 2.00 e. The molecule has 160 valence electrons. The SMILES string of the molecule is C.C.C.C.C.C.C.C.C.C.C.C.[CH2-]C.[CH2-]C.[CH2-]C.[CH2-]C.[W+2].[W+2]. The van der Waals surface area contributed by atoms with E-state index in [4.69, 9.17) is 0 Å². The summed E-state index contributed by atoms with van der Waals surface area (Å²) < 4.78 is 0. The zero-order valence-corrected chi connectivity index (χ0v) is 13.5. The van der Waals surface area contributed by atoms with Gasteiger partial charge in [0.1, 0.15) is 0 Å². The second-order valence-electron chi connectivity index (χ2n) is 0. The number of hydrogen-bond acceptors (Lipinski definition) is 0. The van der Waals surface area contributed by atoms with Gasteiger partial charge in [-0.2, -0.15) is 27.7 Å². The Labute approximate surface area is 186 Å². The third-order valence-electron chi connectivity index (χ3n) is 0. The first kappa shape index (κ1) is 405. The van der Waals surface area contributed by atoms with Crippen LogP contribution in [0.25, 0.3) is 0 Å². The third kappa shape index (κ3) is 4680. The van der Waals surface area contributed by atoms with Crippen molar-refractivity contribution in [1.82, 2.24) is 0 Å². The molecule has 2 heteroatoms.